The third-order valence-corrected chi connectivity index (χ3v) is 2.62. The Bertz CT molecular complexity index is 462. The first-order valence-electron chi connectivity index (χ1n) is 5.89. The highest BCUT2D eigenvalue weighted by molar-refractivity contribution is 5.41. The van der Waals surface area contributed by atoms with Crippen molar-refractivity contribution in [2.75, 3.05) is 32.2 Å². The first-order valence-corrected chi connectivity index (χ1v) is 5.89. The summed E-state index contributed by atoms with van der Waals surface area (Å²) in [6.45, 7) is 1.89. The second-order valence-electron chi connectivity index (χ2n) is 4.00. The molecule has 0 unspecified atom stereocenters. The molecule has 5 heteroatoms. The molecule has 0 bridgehead atoms. The number of aromatic nitrogens is 2. The van der Waals surface area contributed by atoms with Crippen LogP contribution in [0.4, 0.5) is 5.69 Å². The van der Waals surface area contributed by atoms with Crippen molar-refractivity contribution >= 4 is 5.69 Å². The molecule has 0 fully saturated rings. The number of ether oxygens (including phenoxy) is 1. The van der Waals surface area contributed by atoms with Gasteiger partial charge >= 0.3 is 0 Å². The second-order valence-corrected chi connectivity index (χ2v) is 4.00. The average Bonchev–Trinajstić information content (AvgIpc) is 2.38. The SMILES string of the molecule is C#CCCCn1ncc(N(C)CCOC)cc1=O. The minimum Gasteiger partial charge on any atom is -0.383 e. The van der Waals surface area contributed by atoms with Crippen molar-refractivity contribution in [3.63, 3.8) is 0 Å². The summed E-state index contributed by atoms with van der Waals surface area (Å²) in [6.07, 6.45) is 8.27. The Kier molecular flexibility index (Phi) is 5.95. The average molecular weight is 249 g/mol. The van der Waals surface area contributed by atoms with Crippen molar-refractivity contribution in [1.29, 1.82) is 0 Å². The third-order valence-electron chi connectivity index (χ3n) is 2.62. The van der Waals surface area contributed by atoms with E-state index in [-0.39, 0.29) is 5.56 Å². The van der Waals surface area contributed by atoms with Gasteiger partial charge in [0.1, 0.15) is 0 Å². The van der Waals surface area contributed by atoms with Crippen LogP contribution in [0, 0.1) is 12.3 Å². The number of anilines is 1. The molecule has 1 aromatic rings. The van der Waals surface area contributed by atoms with Gasteiger partial charge in [-0.05, 0) is 6.42 Å². The number of hydrogen-bond acceptors (Lipinski definition) is 4. The van der Waals surface area contributed by atoms with Crippen molar-refractivity contribution in [2.45, 2.75) is 19.4 Å². The largest absolute Gasteiger partial charge is 0.383 e. The molecule has 98 valence electrons. The van der Waals surface area contributed by atoms with Crippen LogP contribution in [0.5, 0.6) is 0 Å². The zero-order chi connectivity index (χ0) is 13.4. The Morgan fingerprint density at radius 3 is 3.00 bits per heavy atom. The van der Waals surface area contributed by atoms with Gasteiger partial charge in [-0.2, -0.15) is 5.10 Å². The fourth-order valence-corrected chi connectivity index (χ4v) is 1.49. The van der Waals surface area contributed by atoms with E-state index in [1.807, 2.05) is 11.9 Å². The molecule has 0 amide bonds. The summed E-state index contributed by atoms with van der Waals surface area (Å²) < 4.78 is 6.42. The first kappa shape index (κ1) is 14.3. The monoisotopic (exact) mass is 249 g/mol. The molecule has 1 aromatic heterocycles. The lowest BCUT2D eigenvalue weighted by Crippen LogP contribution is -2.27. The molecule has 1 heterocycles. The minimum absolute atomic E-state index is 0.103. The molecule has 0 aliphatic heterocycles. The molecule has 0 atom stereocenters. The standard InChI is InChI=1S/C13H19N3O2/c1-4-5-6-7-16-13(17)10-12(11-14-16)15(2)8-9-18-3/h1,10-11H,5-9H2,2-3H3. The normalized spacial score (nSPS) is 10.1. The maximum absolute atomic E-state index is 11.8. The molecule has 0 saturated carbocycles. The summed E-state index contributed by atoms with van der Waals surface area (Å²) in [4.78, 5) is 13.7. The molecule has 0 saturated heterocycles. The summed E-state index contributed by atoms with van der Waals surface area (Å²) >= 11 is 0. The Labute approximate surface area is 107 Å². The highest BCUT2D eigenvalue weighted by atomic mass is 16.5. The van der Waals surface area contributed by atoms with E-state index in [0.29, 0.717) is 19.6 Å². The van der Waals surface area contributed by atoms with Crippen LogP contribution in [-0.4, -0.2) is 37.1 Å². The van der Waals surface area contributed by atoms with Gasteiger partial charge in [0.05, 0.1) is 18.5 Å². The highest BCUT2D eigenvalue weighted by Crippen LogP contribution is 2.06. The van der Waals surface area contributed by atoms with Gasteiger partial charge in [-0.25, -0.2) is 4.68 Å². The minimum atomic E-state index is -0.103. The molecule has 0 radical (unpaired) electrons. The Hall–Kier alpha value is -1.80. The topological polar surface area (TPSA) is 47.4 Å². The van der Waals surface area contributed by atoms with E-state index in [4.69, 9.17) is 11.2 Å². The lowest BCUT2D eigenvalue weighted by atomic mass is 10.3. The van der Waals surface area contributed by atoms with E-state index in [9.17, 15) is 4.79 Å². The van der Waals surface area contributed by atoms with E-state index in [1.165, 1.54) is 4.68 Å². The number of terminal acetylenes is 1. The summed E-state index contributed by atoms with van der Waals surface area (Å²) in [5.74, 6) is 2.54. The summed E-state index contributed by atoms with van der Waals surface area (Å²) in [6, 6.07) is 1.58. The van der Waals surface area contributed by atoms with Gasteiger partial charge in [0.2, 0.25) is 0 Å². The number of likely N-dealkylation sites (N-methyl/N-ethyl adjacent to an activating group) is 1. The predicted molar refractivity (Wildman–Crippen MR) is 71.7 cm³/mol. The number of nitrogens with zero attached hydrogens (tertiary/aromatic N) is 3. The van der Waals surface area contributed by atoms with Crippen LogP contribution in [0.1, 0.15) is 12.8 Å². The Balaban J connectivity index is 2.67. The molecule has 0 aliphatic rings. The van der Waals surface area contributed by atoms with E-state index >= 15 is 0 Å². The summed E-state index contributed by atoms with van der Waals surface area (Å²) in [5, 5.41) is 4.13. The molecule has 18 heavy (non-hydrogen) atoms. The zero-order valence-corrected chi connectivity index (χ0v) is 10.9. The van der Waals surface area contributed by atoms with Gasteiger partial charge in [-0.15, -0.1) is 12.3 Å². The highest BCUT2D eigenvalue weighted by Gasteiger charge is 2.04. The Morgan fingerprint density at radius 1 is 1.61 bits per heavy atom. The van der Waals surface area contributed by atoms with Crippen LogP contribution >= 0.6 is 0 Å². The van der Waals surface area contributed by atoms with E-state index in [0.717, 1.165) is 18.7 Å². The second kappa shape index (κ2) is 7.51. The molecule has 5 nitrogen and oxygen atoms in total. The molecule has 1 rings (SSSR count). The maximum Gasteiger partial charge on any atom is 0.268 e. The summed E-state index contributed by atoms with van der Waals surface area (Å²) in [5.41, 5.74) is 0.694. The van der Waals surface area contributed by atoms with E-state index in [1.54, 1.807) is 19.4 Å². The molecule has 0 aliphatic carbocycles. The number of methoxy groups -OCH3 is 1. The number of unbranched alkanes of at least 4 members (excludes halogenated alkanes) is 1. The van der Waals surface area contributed by atoms with E-state index < -0.39 is 0 Å². The van der Waals surface area contributed by atoms with Gasteiger partial charge < -0.3 is 9.64 Å². The number of aryl methyl sites for hydroxylation is 1. The lowest BCUT2D eigenvalue weighted by molar-refractivity contribution is 0.206. The maximum atomic E-state index is 11.8. The van der Waals surface area contributed by atoms with Crippen molar-refractivity contribution in [3.05, 3.63) is 22.6 Å². The van der Waals surface area contributed by atoms with E-state index in [2.05, 4.69) is 11.0 Å². The number of rotatable bonds is 7. The fourth-order valence-electron chi connectivity index (χ4n) is 1.49. The smallest absolute Gasteiger partial charge is 0.268 e. The van der Waals surface area contributed by atoms with Gasteiger partial charge in [0, 0.05) is 39.7 Å². The van der Waals surface area contributed by atoms with Crippen molar-refractivity contribution in [1.82, 2.24) is 9.78 Å². The van der Waals surface area contributed by atoms with Gasteiger partial charge in [0.15, 0.2) is 0 Å². The quantitative estimate of drug-likeness (QED) is 0.528. The molecule has 0 aromatic carbocycles. The molecular weight excluding hydrogens is 230 g/mol. The first-order chi connectivity index (χ1) is 8.69. The van der Waals surface area contributed by atoms with Crippen LogP contribution in [0.3, 0.4) is 0 Å². The van der Waals surface area contributed by atoms with Crippen molar-refractivity contribution in [3.8, 4) is 12.3 Å². The predicted octanol–water partition coefficient (Wildman–Crippen LogP) is 0.739. The fraction of sp³-hybridized carbons (Fsp3) is 0.538. The van der Waals surface area contributed by atoms with Crippen LogP contribution in [-0.2, 0) is 11.3 Å². The van der Waals surface area contributed by atoms with Gasteiger partial charge in [-0.1, -0.05) is 0 Å². The molecule has 0 N–H and O–H groups in total. The van der Waals surface area contributed by atoms with Crippen LogP contribution in [0.15, 0.2) is 17.1 Å². The van der Waals surface area contributed by atoms with Crippen LogP contribution < -0.4 is 10.5 Å². The zero-order valence-electron chi connectivity index (χ0n) is 10.9. The molecule has 0 spiro atoms. The summed E-state index contributed by atoms with van der Waals surface area (Å²) in [7, 11) is 3.55. The van der Waals surface area contributed by atoms with Crippen LogP contribution in [0.25, 0.3) is 0 Å². The van der Waals surface area contributed by atoms with Crippen molar-refractivity contribution in [2.24, 2.45) is 0 Å². The lowest BCUT2D eigenvalue weighted by Gasteiger charge is -2.18. The van der Waals surface area contributed by atoms with Crippen molar-refractivity contribution < 1.29 is 4.74 Å². The molecular formula is C13H19N3O2. The number of hydrogen-bond donors (Lipinski definition) is 0. The van der Waals surface area contributed by atoms with Gasteiger partial charge in [0.25, 0.3) is 5.56 Å². The van der Waals surface area contributed by atoms with Gasteiger partial charge in [-0.3, -0.25) is 4.79 Å². The van der Waals surface area contributed by atoms with Crippen LogP contribution in [0.2, 0.25) is 0 Å². The third kappa shape index (κ3) is 4.22. The Morgan fingerprint density at radius 2 is 2.39 bits per heavy atom.